The smallest absolute Gasteiger partial charge is 0.249 e. The first-order valence-electron chi connectivity index (χ1n) is 14.3. The number of hydrogen-bond acceptors (Lipinski definition) is 3. The zero-order valence-corrected chi connectivity index (χ0v) is 23.1. The van der Waals surface area contributed by atoms with Crippen molar-refractivity contribution in [1.29, 1.82) is 0 Å². The topological polar surface area (TPSA) is 48.6 Å². The van der Waals surface area contributed by atoms with Gasteiger partial charge in [-0.25, -0.2) is 0 Å². The van der Waals surface area contributed by atoms with Crippen molar-refractivity contribution < 1.29 is 9.53 Å². The molecule has 1 spiro atoms. The molecule has 1 saturated carbocycles. The van der Waals surface area contributed by atoms with Crippen molar-refractivity contribution in [3.63, 3.8) is 0 Å². The van der Waals surface area contributed by atoms with Gasteiger partial charge in [0.05, 0.1) is 12.1 Å². The van der Waals surface area contributed by atoms with Crippen LogP contribution in [0.3, 0.4) is 0 Å². The summed E-state index contributed by atoms with van der Waals surface area (Å²) in [6.45, 7) is 1.30. The molecule has 4 aromatic rings. The van der Waals surface area contributed by atoms with E-state index >= 15 is 0 Å². The molecule has 5 nitrogen and oxygen atoms in total. The maximum absolute atomic E-state index is 13.8. The quantitative estimate of drug-likeness (QED) is 0.304. The number of ether oxygens (including phenoxy) is 1. The molecule has 1 aliphatic carbocycles. The van der Waals surface area contributed by atoms with E-state index < -0.39 is 0 Å². The summed E-state index contributed by atoms with van der Waals surface area (Å²) in [5, 5.41) is 1.30. The van der Waals surface area contributed by atoms with Gasteiger partial charge in [0.25, 0.3) is 0 Å². The van der Waals surface area contributed by atoms with Crippen LogP contribution in [0.2, 0.25) is 0 Å². The van der Waals surface area contributed by atoms with Gasteiger partial charge in [-0.05, 0) is 74.9 Å². The molecule has 1 atom stereocenters. The molecule has 39 heavy (non-hydrogen) atoms. The van der Waals surface area contributed by atoms with Crippen LogP contribution in [0.25, 0.3) is 10.9 Å². The third-order valence-corrected chi connectivity index (χ3v) is 9.02. The lowest BCUT2D eigenvalue weighted by atomic mass is 9.68. The summed E-state index contributed by atoms with van der Waals surface area (Å²) in [7, 11) is 4.39. The average molecular weight is 522 g/mol. The van der Waals surface area contributed by atoms with E-state index in [1.165, 1.54) is 27.7 Å². The molecule has 6 rings (SSSR count). The second-order valence-electron chi connectivity index (χ2n) is 11.5. The number of para-hydroxylation sites is 1. The molecule has 1 amide bonds. The summed E-state index contributed by atoms with van der Waals surface area (Å²) in [6.07, 6.45) is 4.93. The largest absolute Gasteiger partial charge is 0.367 e. The molecule has 3 aromatic carbocycles. The number of rotatable bonds is 7. The molecule has 0 bridgehead atoms. The summed E-state index contributed by atoms with van der Waals surface area (Å²) in [5.41, 5.74) is 5.97. The highest BCUT2D eigenvalue weighted by atomic mass is 16.5. The Hall–Kier alpha value is -3.41. The fraction of sp³-hybridized carbons (Fsp3) is 0.382. The zero-order valence-electron chi connectivity index (χ0n) is 23.1. The molecular weight excluding hydrogens is 482 g/mol. The van der Waals surface area contributed by atoms with Gasteiger partial charge in [0.1, 0.15) is 6.61 Å². The number of nitrogens with one attached hydrogen (secondary N) is 1. The number of nitrogens with zero attached hydrogens (tertiary/aromatic N) is 2. The summed E-state index contributed by atoms with van der Waals surface area (Å²) < 4.78 is 5.96. The van der Waals surface area contributed by atoms with Gasteiger partial charge in [-0.1, -0.05) is 78.9 Å². The first-order valence-corrected chi connectivity index (χ1v) is 14.3. The van der Waals surface area contributed by atoms with Gasteiger partial charge >= 0.3 is 0 Å². The molecule has 1 aromatic heterocycles. The van der Waals surface area contributed by atoms with Crippen molar-refractivity contribution in [2.45, 2.75) is 50.3 Å². The molecule has 5 heteroatoms. The van der Waals surface area contributed by atoms with Gasteiger partial charge in [-0.15, -0.1) is 0 Å². The van der Waals surface area contributed by atoms with Crippen molar-refractivity contribution in [3.8, 4) is 0 Å². The summed E-state index contributed by atoms with van der Waals surface area (Å²) in [4.78, 5) is 22.1. The number of carbonyl (C=O) groups excluding carboxylic acids is 1. The van der Waals surface area contributed by atoms with Crippen LogP contribution in [0.15, 0.2) is 84.9 Å². The Balaban J connectivity index is 1.28. The number of aromatic nitrogens is 1. The summed E-state index contributed by atoms with van der Waals surface area (Å²) >= 11 is 0. The highest BCUT2D eigenvalue weighted by Gasteiger charge is 2.49. The molecule has 1 N–H and O–H groups in total. The van der Waals surface area contributed by atoms with Crippen LogP contribution in [-0.4, -0.2) is 47.9 Å². The highest BCUT2D eigenvalue weighted by molar-refractivity contribution is 5.87. The van der Waals surface area contributed by atoms with E-state index in [1.54, 1.807) is 0 Å². The van der Waals surface area contributed by atoms with Crippen LogP contribution in [0.5, 0.6) is 0 Å². The molecule has 202 valence electrons. The number of hydrogen-bond donors (Lipinski definition) is 1. The normalized spacial score (nSPS) is 21.8. The number of benzene rings is 3. The van der Waals surface area contributed by atoms with E-state index in [-0.39, 0.29) is 18.1 Å². The van der Waals surface area contributed by atoms with Crippen molar-refractivity contribution in [2.24, 2.45) is 5.92 Å². The Morgan fingerprint density at radius 1 is 0.974 bits per heavy atom. The Labute approximate surface area is 231 Å². The van der Waals surface area contributed by atoms with E-state index in [0.717, 1.165) is 44.2 Å². The van der Waals surface area contributed by atoms with E-state index in [9.17, 15) is 4.79 Å². The van der Waals surface area contributed by atoms with Crippen LogP contribution >= 0.6 is 0 Å². The third kappa shape index (κ3) is 4.90. The number of amides is 1. The molecule has 0 radical (unpaired) electrons. The van der Waals surface area contributed by atoms with Crippen LogP contribution in [0.4, 0.5) is 0 Å². The standard InChI is InChI=1S/C34H39N3O2/c1-36(2)32(26-13-7-4-8-14-26)27-17-20-34(21-18-27)33-29(28-15-9-10-16-30(28)35-33)19-22-37(34)31(38)24-39-23-25-11-5-3-6-12-25/h3-16,27,32,35H,17-24H2,1-2H3. The molecule has 2 heterocycles. The highest BCUT2D eigenvalue weighted by Crippen LogP contribution is 2.51. The zero-order chi connectivity index (χ0) is 26.8. The van der Waals surface area contributed by atoms with Gasteiger partial charge in [-0.2, -0.15) is 0 Å². The summed E-state index contributed by atoms with van der Waals surface area (Å²) in [5.74, 6) is 0.634. The summed E-state index contributed by atoms with van der Waals surface area (Å²) in [6, 6.07) is 30.0. The van der Waals surface area contributed by atoms with Gasteiger partial charge < -0.3 is 19.5 Å². The minimum absolute atomic E-state index is 0.0981. The lowest BCUT2D eigenvalue weighted by molar-refractivity contribution is -0.147. The van der Waals surface area contributed by atoms with Crippen LogP contribution in [0.1, 0.15) is 54.1 Å². The first-order chi connectivity index (χ1) is 19.1. The van der Waals surface area contributed by atoms with Crippen molar-refractivity contribution in [3.05, 3.63) is 107 Å². The maximum atomic E-state index is 13.8. The lowest BCUT2D eigenvalue weighted by Gasteiger charge is -2.51. The Morgan fingerprint density at radius 2 is 1.64 bits per heavy atom. The van der Waals surface area contributed by atoms with Gasteiger partial charge in [-0.3, -0.25) is 4.79 Å². The first kappa shape index (κ1) is 25.8. The molecular formula is C34H39N3O2. The second-order valence-corrected chi connectivity index (χ2v) is 11.5. The van der Waals surface area contributed by atoms with Crippen molar-refractivity contribution in [1.82, 2.24) is 14.8 Å². The lowest BCUT2D eigenvalue weighted by Crippen LogP contribution is -2.56. The predicted octanol–water partition coefficient (Wildman–Crippen LogP) is 6.46. The average Bonchev–Trinajstić information content (AvgIpc) is 3.35. The number of fused-ring (bicyclic) bond motifs is 4. The predicted molar refractivity (Wildman–Crippen MR) is 156 cm³/mol. The fourth-order valence-electron chi connectivity index (χ4n) is 7.30. The Morgan fingerprint density at radius 3 is 2.36 bits per heavy atom. The number of carbonyl (C=O) groups is 1. The van der Waals surface area contributed by atoms with Gasteiger partial charge in [0, 0.05) is 29.2 Å². The van der Waals surface area contributed by atoms with Crippen molar-refractivity contribution >= 4 is 16.8 Å². The molecule has 1 aliphatic heterocycles. The number of H-pyrrole nitrogens is 1. The fourth-order valence-corrected chi connectivity index (χ4v) is 7.30. The van der Waals surface area contributed by atoms with Crippen molar-refractivity contribution in [2.75, 3.05) is 27.2 Å². The van der Waals surface area contributed by atoms with Gasteiger partial charge in [0.15, 0.2) is 0 Å². The van der Waals surface area contributed by atoms with Crippen LogP contribution in [0, 0.1) is 5.92 Å². The molecule has 1 unspecified atom stereocenters. The number of aromatic amines is 1. The maximum Gasteiger partial charge on any atom is 0.249 e. The van der Waals surface area contributed by atoms with Gasteiger partial charge in [0.2, 0.25) is 5.91 Å². The third-order valence-electron chi connectivity index (χ3n) is 9.02. The molecule has 2 aliphatic rings. The van der Waals surface area contributed by atoms with E-state index in [0.29, 0.717) is 18.6 Å². The van der Waals surface area contributed by atoms with E-state index in [1.807, 2.05) is 30.3 Å². The minimum atomic E-state index is -0.316. The second kappa shape index (κ2) is 11.0. The minimum Gasteiger partial charge on any atom is -0.367 e. The monoisotopic (exact) mass is 521 g/mol. The van der Waals surface area contributed by atoms with E-state index in [4.69, 9.17) is 4.74 Å². The molecule has 0 saturated heterocycles. The van der Waals surface area contributed by atoms with Crippen LogP contribution < -0.4 is 0 Å². The Kier molecular flexibility index (Phi) is 7.28. The molecule has 1 fully saturated rings. The SMILES string of the molecule is CN(C)C(c1ccccc1)C1CCC2(CC1)c1[nH]c3ccccc3c1CCN2C(=O)COCc1ccccc1. The Bertz CT molecular complexity index is 1400. The van der Waals surface area contributed by atoms with E-state index in [2.05, 4.69) is 83.5 Å². The van der Waals surface area contributed by atoms with Crippen LogP contribution in [-0.2, 0) is 28.1 Å².